The van der Waals surface area contributed by atoms with E-state index in [9.17, 15) is 0 Å². The Balaban J connectivity index is 0.00000280. The summed E-state index contributed by atoms with van der Waals surface area (Å²) in [5.74, 6) is 3.11. The highest BCUT2D eigenvalue weighted by atomic mass is 127. The fourth-order valence-corrected chi connectivity index (χ4v) is 3.99. The summed E-state index contributed by atoms with van der Waals surface area (Å²) < 4.78 is 22.9. The fourth-order valence-electron chi connectivity index (χ4n) is 3.99. The molecule has 0 bridgehead atoms. The number of rotatable bonds is 6. The van der Waals surface area contributed by atoms with Gasteiger partial charge in [0.1, 0.15) is 6.04 Å². The van der Waals surface area contributed by atoms with Crippen LogP contribution >= 0.6 is 0 Å². The van der Waals surface area contributed by atoms with Gasteiger partial charge in [0.15, 0.2) is 23.0 Å². The molecule has 0 amide bonds. The van der Waals surface area contributed by atoms with Crippen molar-refractivity contribution in [1.29, 1.82) is 0 Å². The lowest BCUT2D eigenvalue weighted by Gasteiger charge is -2.43. The van der Waals surface area contributed by atoms with Gasteiger partial charge in [-0.1, -0.05) is 6.07 Å². The van der Waals surface area contributed by atoms with Crippen molar-refractivity contribution in [3.05, 3.63) is 47.0 Å². The second-order valence-corrected chi connectivity index (χ2v) is 7.57. The van der Waals surface area contributed by atoms with Gasteiger partial charge in [0.2, 0.25) is 0 Å². The Bertz CT molecular complexity index is 822. The van der Waals surface area contributed by atoms with Crippen LogP contribution < -0.4 is 42.9 Å². The predicted octanol–water partition coefficient (Wildman–Crippen LogP) is 0.641. The Hall–Kier alpha value is -1.67. The van der Waals surface area contributed by atoms with Gasteiger partial charge < -0.3 is 47.4 Å². The SMILES string of the molecule is COc1ccc(CC2c3cc(OC)c(OC)cc3CC[N+]2(C)C)cc1OC.[I-]. The molecule has 0 fully saturated rings. The van der Waals surface area contributed by atoms with E-state index >= 15 is 0 Å². The zero-order chi connectivity index (χ0) is 19.6. The van der Waals surface area contributed by atoms with Crippen LogP contribution in [0.2, 0.25) is 0 Å². The number of methoxy groups -OCH3 is 4. The Kier molecular flexibility index (Phi) is 7.45. The summed E-state index contributed by atoms with van der Waals surface area (Å²) in [6.07, 6.45) is 1.95. The van der Waals surface area contributed by atoms with Gasteiger partial charge >= 0.3 is 0 Å². The van der Waals surface area contributed by atoms with E-state index in [2.05, 4.69) is 38.4 Å². The lowest BCUT2D eigenvalue weighted by atomic mass is 9.87. The molecule has 1 atom stereocenters. The molecule has 0 radical (unpaired) electrons. The maximum absolute atomic E-state index is 5.57. The summed E-state index contributed by atoms with van der Waals surface area (Å²) in [7, 11) is 11.3. The molecule has 1 heterocycles. The third kappa shape index (κ3) is 4.33. The lowest BCUT2D eigenvalue weighted by molar-refractivity contribution is -0.923. The van der Waals surface area contributed by atoms with Gasteiger partial charge in [0, 0.05) is 18.4 Å². The molecule has 2 aromatic rings. The third-order valence-electron chi connectivity index (χ3n) is 5.68. The first-order valence-corrected chi connectivity index (χ1v) is 9.22. The summed E-state index contributed by atoms with van der Waals surface area (Å²) in [5, 5.41) is 0. The molecule has 6 heteroatoms. The molecular weight excluding hydrogens is 469 g/mol. The average molecular weight is 499 g/mol. The normalized spacial score (nSPS) is 17.1. The monoisotopic (exact) mass is 499 g/mol. The summed E-state index contributed by atoms with van der Waals surface area (Å²) in [6, 6.07) is 10.8. The van der Waals surface area contributed by atoms with Gasteiger partial charge in [0.25, 0.3) is 0 Å². The Morgan fingerprint density at radius 1 is 0.821 bits per heavy atom. The van der Waals surface area contributed by atoms with Crippen LogP contribution in [0.25, 0.3) is 0 Å². The molecular formula is C22H30INO4. The van der Waals surface area contributed by atoms with Crippen LogP contribution in [0.3, 0.4) is 0 Å². The van der Waals surface area contributed by atoms with Crippen LogP contribution in [0, 0.1) is 0 Å². The highest BCUT2D eigenvalue weighted by Gasteiger charge is 2.37. The number of benzene rings is 2. The number of quaternary nitrogens is 1. The molecule has 28 heavy (non-hydrogen) atoms. The third-order valence-corrected chi connectivity index (χ3v) is 5.68. The highest BCUT2D eigenvalue weighted by molar-refractivity contribution is 5.49. The largest absolute Gasteiger partial charge is 1.00 e. The maximum Gasteiger partial charge on any atom is 0.161 e. The zero-order valence-electron chi connectivity index (χ0n) is 17.5. The van der Waals surface area contributed by atoms with Gasteiger partial charge in [-0.2, -0.15) is 0 Å². The van der Waals surface area contributed by atoms with E-state index in [-0.39, 0.29) is 24.0 Å². The zero-order valence-corrected chi connectivity index (χ0v) is 19.7. The quantitative estimate of drug-likeness (QED) is 0.432. The first-order valence-electron chi connectivity index (χ1n) is 9.22. The summed E-state index contributed by atoms with van der Waals surface area (Å²) in [5.41, 5.74) is 3.90. The minimum Gasteiger partial charge on any atom is -1.00 e. The van der Waals surface area contributed by atoms with Crippen molar-refractivity contribution in [2.45, 2.75) is 18.9 Å². The lowest BCUT2D eigenvalue weighted by Crippen LogP contribution is -3.00. The number of fused-ring (bicyclic) bond motifs is 1. The number of likely N-dealkylation sites (N-methyl/N-ethyl adjacent to an activating group) is 1. The summed E-state index contributed by atoms with van der Waals surface area (Å²) in [4.78, 5) is 0. The standard InChI is InChI=1S/C22H30NO4.HI/c1-23(2)10-9-16-13-21(26-5)22(27-6)14-17(16)18(23)11-15-7-8-19(24-3)20(12-15)25-4;/h7-8,12-14,18H,9-11H2,1-6H3;1H/q+1;/p-1. The Labute approximate surface area is 185 Å². The maximum atomic E-state index is 5.57. The number of nitrogens with zero attached hydrogens (tertiary/aromatic N) is 1. The molecule has 154 valence electrons. The predicted molar refractivity (Wildman–Crippen MR) is 106 cm³/mol. The number of hydrogen-bond donors (Lipinski definition) is 0. The molecule has 3 rings (SSSR count). The number of hydrogen-bond acceptors (Lipinski definition) is 4. The van der Waals surface area contributed by atoms with Gasteiger partial charge in [-0.25, -0.2) is 0 Å². The van der Waals surface area contributed by atoms with Crippen LogP contribution in [0.15, 0.2) is 30.3 Å². The Morgan fingerprint density at radius 3 is 2.00 bits per heavy atom. The van der Waals surface area contributed by atoms with E-state index in [1.54, 1.807) is 28.4 Å². The van der Waals surface area contributed by atoms with Crippen LogP contribution in [0.4, 0.5) is 0 Å². The van der Waals surface area contributed by atoms with E-state index in [1.807, 2.05) is 6.07 Å². The molecule has 5 nitrogen and oxygen atoms in total. The van der Waals surface area contributed by atoms with E-state index in [0.29, 0.717) is 6.04 Å². The van der Waals surface area contributed by atoms with Crippen molar-refractivity contribution in [3.8, 4) is 23.0 Å². The molecule has 0 N–H and O–H groups in total. The van der Waals surface area contributed by atoms with E-state index in [0.717, 1.165) is 46.9 Å². The second kappa shape index (κ2) is 9.22. The van der Waals surface area contributed by atoms with Crippen molar-refractivity contribution in [1.82, 2.24) is 0 Å². The van der Waals surface area contributed by atoms with Crippen LogP contribution in [-0.2, 0) is 12.8 Å². The van der Waals surface area contributed by atoms with Crippen molar-refractivity contribution >= 4 is 0 Å². The van der Waals surface area contributed by atoms with Crippen LogP contribution in [0.5, 0.6) is 23.0 Å². The van der Waals surface area contributed by atoms with E-state index in [1.165, 1.54) is 16.7 Å². The van der Waals surface area contributed by atoms with Gasteiger partial charge in [-0.15, -0.1) is 0 Å². The molecule has 1 aliphatic rings. The fraction of sp³-hybridized carbons (Fsp3) is 0.455. The Morgan fingerprint density at radius 2 is 1.39 bits per heavy atom. The van der Waals surface area contributed by atoms with E-state index < -0.39 is 0 Å². The molecule has 0 aliphatic carbocycles. The highest BCUT2D eigenvalue weighted by Crippen LogP contribution is 2.42. The minimum absolute atomic E-state index is 0. The molecule has 2 aromatic carbocycles. The van der Waals surface area contributed by atoms with Crippen molar-refractivity contribution in [2.24, 2.45) is 0 Å². The van der Waals surface area contributed by atoms with Crippen LogP contribution in [0.1, 0.15) is 22.7 Å². The van der Waals surface area contributed by atoms with Gasteiger partial charge in [-0.05, 0) is 35.4 Å². The van der Waals surface area contributed by atoms with Crippen molar-refractivity contribution in [2.75, 3.05) is 49.1 Å². The molecule has 0 saturated heterocycles. The first-order chi connectivity index (χ1) is 12.9. The first kappa shape index (κ1) is 22.6. The summed E-state index contributed by atoms with van der Waals surface area (Å²) in [6.45, 7) is 1.08. The smallest absolute Gasteiger partial charge is 0.161 e. The molecule has 0 aromatic heterocycles. The molecule has 1 unspecified atom stereocenters. The van der Waals surface area contributed by atoms with Gasteiger partial charge in [0.05, 0.1) is 49.1 Å². The number of halogens is 1. The number of ether oxygens (including phenoxy) is 4. The molecule has 0 saturated carbocycles. The average Bonchev–Trinajstić information content (AvgIpc) is 2.68. The summed E-state index contributed by atoms with van der Waals surface area (Å²) >= 11 is 0. The second-order valence-electron chi connectivity index (χ2n) is 7.57. The topological polar surface area (TPSA) is 36.9 Å². The minimum atomic E-state index is 0. The molecule has 1 aliphatic heterocycles. The van der Waals surface area contributed by atoms with Crippen molar-refractivity contribution < 1.29 is 47.4 Å². The van der Waals surface area contributed by atoms with Gasteiger partial charge in [-0.3, -0.25) is 0 Å². The van der Waals surface area contributed by atoms with E-state index in [4.69, 9.17) is 18.9 Å². The van der Waals surface area contributed by atoms with Crippen molar-refractivity contribution in [3.63, 3.8) is 0 Å². The van der Waals surface area contributed by atoms with Crippen LogP contribution in [-0.4, -0.2) is 53.6 Å². The molecule has 0 spiro atoms.